The molecule has 0 aliphatic carbocycles. The zero-order valence-electron chi connectivity index (χ0n) is 18.7. The number of amides is 1. The quantitative estimate of drug-likeness (QED) is 0.351. The van der Waals surface area contributed by atoms with Gasteiger partial charge in [-0.2, -0.15) is 0 Å². The van der Waals surface area contributed by atoms with Gasteiger partial charge in [-0.05, 0) is 42.5 Å². The van der Waals surface area contributed by atoms with E-state index in [2.05, 4.69) is 4.90 Å². The molecule has 1 amide bonds. The fraction of sp³-hybridized carbons (Fsp3) is 0.208. The Labute approximate surface area is 208 Å². The van der Waals surface area contributed by atoms with Gasteiger partial charge in [-0.3, -0.25) is 19.2 Å². The maximum atomic E-state index is 13.4. The monoisotopic (exact) mass is 514 g/mol. The number of sulfonamides is 1. The van der Waals surface area contributed by atoms with Gasteiger partial charge in [-0.15, -0.1) is 0 Å². The summed E-state index contributed by atoms with van der Waals surface area (Å²) in [4.78, 5) is 27.4. The van der Waals surface area contributed by atoms with E-state index in [-0.39, 0.29) is 22.2 Å². The van der Waals surface area contributed by atoms with Crippen LogP contribution in [0.4, 0.5) is 17.1 Å². The van der Waals surface area contributed by atoms with Gasteiger partial charge in [-0.25, -0.2) is 8.42 Å². The smallest absolute Gasteiger partial charge is 0.269 e. The zero-order valence-corrected chi connectivity index (χ0v) is 20.2. The summed E-state index contributed by atoms with van der Waals surface area (Å²) in [5.74, 6) is -0.353. The summed E-state index contributed by atoms with van der Waals surface area (Å²) in [6, 6.07) is 20.4. The molecule has 0 bridgehead atoms. The Bertz CT molecular complexity index is 1310. The first kappa shape index (κ1) is 24.5. The normalized spacial score (nSPS) is 14.0. The van der Waals surface area contributed by atoms with Crippen LogP contribution in [0.2, 0.25) is 5.02 Å². The third-order valence-corrected chi connectivity index (χ3v) is 7.79. The van der Waals surface area contributed by atoms with Crippen LogP contribution in [0.5, 0.6) is 0 Å². The Kier molecular flexibility index (Phi) is 7.23. The lowest BCUT2D eigenvalue weighted by Gasteiger charge is -2.37. The maximum Gasteiger partial charge on any atom is 0.269 e. The minimum atomic E-state index is -4.09. The second-order valence-electron chi connectivity index (χ2n) is 7.95. The summed E-state index contributed by atoms with van der Waals surface area (Å²) in [6.07, 6.45) is 0. The molecule has 0 spiro atoms. The highest BCUT2D eigenvalue weighted by atomic mass is 35.5. The van der Waals surface area contributed by atoms with Crippen LogP contribution in [0.1, 0.15) is 0 Å². The number of nitro groups is 1. The van der Waals surface area contributed by atoms with Gasteiger partial charge in [0, 0.05) is 49.0 Å². The standard InChI is InChI=1S/C24H23ClN4O5S/c25-19-5-4-6-22(17-19)26-13-15-27(16-14-26)24(30)18-28(20-9-11-21(12-10-20)29(31)32)35(33,34)23-7-2-1-3-8-23/h1-12,17H,13-16,18H2. The van der Waals surface area contributed by atoms with Crippen molar-refractivity contribution in [1.29, 1.82) is 0 Å². The molecule has 0 radical (unpaired) electrons. The first-order valence-electron chi connectivity index (χ1n) is 10.9. The number of anilines is 2. The highest BCUT2D eigenvalue weighted by molar-refractivity contribution is 7.92. The number of non-ortho nitro benzene ring substituents is 1. The second-order valence-corrected chi connectivity index (χ2v) is 10.2. The molecule has 1 aliphatic rings. The van der Waals surface area contributed by atoms with Crippen molar-refractivity contribution in [1.82, 2.24) is 4.90 Å². The minimum Gasteiger partial charge on any atom is -0.368 e. The number of carbonyl (C=O) groups is 1. The van der Waals surface area contributed by atoms with Crippen LogP contribution in [-0.4, -0.2) is 56.9 Å². The number of carbonyl (C=O) groups excluding carboxylic acids is 1. The van der Waals surface area contributed by atoms with Crippen molar-refractivity contribution in [2.24, 2.45) is 0 Å². The second kappa shape index (κ2) is 10.3. The van der Waals surface area contributed by atoms with Crippen molar-refractivity contribution >= 4 is 44.6 Å². The average molecular weight is 515 g/mol. The summed E-state index contributed by atoms with van der Waals surface area (Å²) in [5.41, 5.74) is 0.961. The van der Waals surface area contributed by atoms with E-state index in [1.807, 2.05) is 18.2 Å². The highest BCUT2D eigenvalue weighted by Crippen LogP contribution is 2.26. The molecule has 1 heterocycles. The van der Waals surface area contributed by atoms with Crippen molar-refractivity contribution in [2.75, 3.05) is 41.9 Å². The molecule has 9 nitrogen and oxygen atoms in total. The Morgan fingerprint density at radius 3 is 2.20 bits per heavy atom. The van der Waals surface area contributed by atoms with Crippen LogP contribution in [0.3, 0.4) is 0 Å². The molecule has 4 rings (SSSR count). The van der Waals surface area contributed by atoms with Gasteiger partial charge in [0.25, 0.3) is 15.7 Å². The molecule has 11 heteroatoms. The first-order valence-corrected chi connectivity index (χ1v) is 12.7. The molecular weight excluding hydrogens is 492 g/mol. The van der Waals surface area contributed by atoms with E-state index in [0.29, 0.717) is 31.2 Å². The molecule has 0 unspecified atom stereocenters. The summed E-state index contributed by atoms with van der Waals surface area (Å²) in [7, 11) is -4.09. The van der Waals surface area contributed by atoms with Crippen LogP contribution in [0.25, 0.3) is 0 Å². The van der Waals surface area contributed by atoms with Crippen LogP contribution in [0, 0.1) is 10.1 Å². The fourth-order valence-electron chi connectivity index (χ4n) is 3.89. The van der Waals surface area contributed by atoms with Crippen LogP contribution >= 0.6 is 11.6 Å². The van der Waals surface area contributed by atoms with Gasteiger partial charge in [0.2, 0.25) is 5.91 Å². The first-order chi connectivity index (χ1) is 16.8. The van der Waals surface area contributed by atoms with E-state index >= 15 is 0 Å². The van der Waals surface area contributed by atoms with E-state index in [0.717, 1.165) is 9.99 Å². The number of nitrogens with zero attached hydrogens (tertiary/aromatic N) is 4. The van der Waals surface area contributed by atoms with Crippen molar-refractivity contribution in [3.63, 3.8) is 0 Å². The van der Waals surface area contributed by atoms with Crippen LogP contribution < -0.4 is 9.21 Å². The lowest BCUT2D eigenvalue weighted by Crippen LogP contribution is -2.52. The molecule has 35 heavy (non-hydrogen) atoms. The van der Waals surface area contributed by atoms with Crippen molar-refractivity contribution in [3.8, 4) is 0 Å². The summed E-state index contributed by atoms with van der Waals surface area (Å²) in [5, 5.41) is 11.7. The molecule has 1 saturated heterocycles. The molecule has 1 fully saturated rings. The van der Waals surface area contributed by atoms with Crippen LogP contribution in [0.15, 0.2) is 83.8 Å². The molecule has 3 aromatic rings. The van der Waals surface area contributed by atoms with E-state index in [4.69, 9.17) is 11.6 Å². The van der Waals surface area contributed by atoms with Gasteiger partial charge < -0.3 is 9.80 Å². The average Bonchev–Trinajstić information content (AvgIpc) is 2.87. The molecule has 0 N–H and O–H groups in total. The van der Waals surface area contributed by atoms with Crippen molar-refractivity contribution < 1.29 is 18.1 Å². The maximum absolute atomic E-state index is 13.4. The number of halogens is 1. The Morgan fingerprint density at radius 1 is 0.943 bits per heavy atom. The number of hydrogen-bond donors (Lipinski definition) is 0. The van der Waals surface area contributed by atoms with Gasteiger partial charge in [0.05, 0.1) is 15.5 Å². The molecule has 182 valence electrons. The third kappa shape index (κ3) is 5.55. The van der Waals surface area contributed by atoms with E-state index in [1.165, 1.54) is 36.4 Å². The number of nitro benzene ring substituents is 1. The van der Waals surface area contributed by atoms with Gasteiger partial charge in [0.15, 0.2) is 0 Å². The zero-order chi connectivity index (χ0) is 25.0. The lowest BCUT2D eigenvalue weighted by atomic mass is 10.2. The van der Waals surface area contributed by atoms with Crippen LogP contribution in [-0.2, 0) is 14.8 Å². The van der Waals surface area contributed by atoms with Gasteiger partial charge >= 0.3 is 0 Å². The SMILES string of the molecule is O=C(CN(c1ccc([N+](=O)[O-])cc1)S(=O)(=O)c1ccccc1)N1CCN(c2cccc(Cl)c2)CC1. The number of piperazine rings is 1. The number of benzene rings is 3. The third-order valence-electron chi connectivity index (χ3n) is 5.76. The Balaban J connectivity index is 1.54. The number of rotatable bonds is 7. The minimum absolute atomic E-state index is 0.0249. The molecule has 0 saturated carbocycles. The predicted molar refractivity (Wildman–Crippen MR) is 134 cm³/mol. The largest absolute Gasteiger partial charge is 0.368 e. The highest BCUT2D eigenvalue weighted by Gasteiger charge is 2.30. The van der Waals surface area contributed by atoms with E-state index in [9.17, 15) is 23.3 Å². The van der Waals surface area contributed by atoms with Gasteiger partial charge in [0.1, 0.15) is 6.54 Å². The molecule has 3 aromatic carbocycles. The van der Waals surface area contributed by atoms with Crippen molar-refractivity contribution in [3.05, 3.63) is 94.0 Å². The summed E-state index contributed by atoms with van der Waals surface area (Å²) < 4.78 is 27.9. The molecular formula is C24H23ClN4O5S. The van der Waals surface area contributed by atoms with E-state index < -0.39 is 21.5 Å². The summed E-state index contributed by atoms with van der Waals surface area (Å²) in [6.45, 7) is 1.58. The topological polar surface area (TPSA) is 104 Å². The fourth-order valence-corrected chi connectivity index (χ4v) is 5.50. The van der Waals surface area contributed by atoms with Crippen molar-refractivity contribution in [2.45, 2.75) is 4.90 Å². The summed E-state index contributed by atoms with van der Waals surface area (Å²) >= 11 is 6.09. The predicted octanol–water partition coefficient (Wildman–Crippen LogP) is 3.79. The lowest BCUT2D eigenvalue weighted by molar-refractivity contribution is -0.384. The molecule has 1 aliphatic heterocycles. The Morgan fingerprint density at radius 2 is 1.60 bits per heavy atom. The number of hydrogen-bond acceptors (Lipinski definition) is 6. The Hall–Kier alpha value is -3.63. The molecule has 0 atom stereocenters. The van der Waals surface area contributed by atoms with Gasteiger partial charge in [-0.1, -0.05) is 35.9 Å². The van der Waals surface area contributed by atoms with E-state index in [1.54, 1.807) is 29.2 Å². The molecule has 0 aromatic heterocycles.